The van der Waals surface area contributed by atoms with Gasteiger partial charge in [0.1, 0.15) is 6.35 Å². The highest BCUT2D eigenvalue weighted by atomic mass is 35.5. The minimum absolute atomic E-state index is 0.173. The van der Waals surface area contributed by atoms with E-state index >= 15 is 0 Å². The summed E-state index contributed by atoms with van der Waals surface area (Å²) in [5.41, 5.74) is 6.74. The van der Waals surface area contributed by atoms with Gasteiger partial charge in [0.05, 0.1) is 18.6 Å². The van der Waals surface area contributed by atoms with Gasteiger partial charge >= 0.3 is 16.2 Å². The lowest BCUT2D eigenvalue weighted by Gasteiger charge is -2.14. The van der Waals surface area contributed by atoms with Crippen LogP contribution in [0.2, 0.25) is 0 Å². The summed E-state index contributed by atoms with van der Waals surface area (Å²) in [5.74, 6) is 2.31. The standard InChI is InChI=1S/C13H21O3P.C11H15Cl.C11H17O3P.C3H9O3P.CH4O3S/c1-4-11(2)13-7-5-12(6-8-13)9-17(15,10-14)16-3;1-3-9(2)11-6-4-10(8-12)5-7-11;1-3-9(2)11-6-4-10(5-7-11)8-15(12,13)14;1-4-7(5-2)6-3;1-5(2,3)4/h5-8,11,14H,4,9-10H2,1-3H3;4-7,9H,3,8H2,1-2H3;4-7,9H,3,8H2,1-2H3,(H2,12,13,14);1-3H3;1H3,(H,2,3,4). The van der Waals surface area contributed by atoms with Crippen molar-refractivity contribution < 1.29 is 55.1 Å². The van der Waals surface area contributed by atoms with E-state index in [1.54, 1.807) is 33.5 Å². The number of hydrogen-bond donors (Lipinski definition) is 4. The van der Waals surface area contributed by atoms with E-state index < -0.39 is 40.0 Å². The summed E-state index contributed by atoms with van der Waals surface area (Å²) >= 11 is 5.69. The molecule has 0 bridgehead atoms. The molecule has 4 atom stereocenters. The number of halogens is 1. The number of hydrogen-bond acceptors (Lipinski definition) is 9. The molecule has 3 aromatic rings. The van der Waals surface area contributed by atoms with Crippen molar-refractivity contribution in [3.63, 3.8) is 0 Å². The maximum Gasteiger partial charge on any atom is 0.331 e. The van der Waals surface area contributed by atoms with Crippen LogP contribution in [0.3, 0.4) is 0 Å². The predicted molar refractivity (Wildman–Crippen MR) is 232 cm³/mol. The lowest BCUT2D eigenvalue weighted by molar-refractivity contribution is 0.239. The monoisotopic (exact) mass is 886 g/mol. The van der Waals surface area contributed by atoms with Crippen LogP contribution in [0.15, 0.2) is 72.8 Å². The van der Waals surface area contributed by atoms with Crippen LogP contribution >= 0.6 is 35.2 Å². The lowest BCUT2D eigenvalue weighted by atomic mass is 9.98. The molecule has 3 rings (SSSR count). The summed E-state index contributed by atoms with van der Waals surface area (Å²) < 4.78 is 67.5. The summed E-state index contributed by atoms with van der Waals surface area (Å²) in [6.45, 7) is 13.0. The first kappa shape index (κ1) is 56.6. The molecule has 0 spiro atoms. The van der Waals surface area contributed by atoms with E-state index in [0.717, 1.165) is 18.4 Å². The van der Waals surface area contributed by atoms with Crippen molar-refractivity contribution in [2.45, 2.75) is 96.8 Å². The summed E-state index contributed by atoms with van der Waals surface area (Å²) in [4.78, 5) is 17.6. The molecule has 3 aromatic carbocycles. The first-order valence-corrected chi connectivity index (χ1v) is 25.3. The van der Waals surface area contributed by atoms with Crippen LogP contribution in [-0.4, -0.2) is 68.9 Å². The number of rotatable bonds is 16. The van der Waals surface area contributed by atoms with Gasteiger partial charge in [-0.15, -0.1) is 11.6 Å². The van der Waals surface area contributed by atoms with Crippen molar-refractivity contribution >= 4 is 45.3 Å². The Bertz CT molecular complexity index is 1610. The number of aliphatic hydroxyl groups excluding tert-OH is 1. The average molecular weight is 887 g/mol. The van der Waals surface area contributed by atoms with Crippen LogP contribution in [0.4, 0.5) is 0 Å². The fourth-order valence-electron chi connectivity index (χ4n) is 4.46. The molecule has 56 heavy (non-hydrogen) atoms. The van der Waals surface area contributed by atoms with Crippen molar-refractivity contribution in [2.24, 2.45) is 0 Å². The molecule has 0 radical (unpaired) electrons. The molecular weight excluding hydrogens is 821 g/mol. The number of alkyl halides is 1. The fourth-order valence-corrected chi connectivity index (χ4v) is 6.88. The van der Waals surface area contributed by atoms with Crippen molar-refractivity contribution in [2.75, 3.05) is 41.0 Å². The van der Waals surface area contributed by atoms with Gasteiger partial charge in [-0.2, -0.15) is 8.42 Å². The second-order valence-electron chi connectivity index (χ2n) is 12.9. The van der Waals surface area contributed by atoms with Gasteiger partial charge in [-0.3, -0.25) is 13.7 Å². The first-order chi connectivity index (χ1) is 26.1. The Morgan fingerprint density at radius 3 is 1.12 bits per heavy atom. The Morgan fingerprint density at radius 2 is 0.929 bits per heavy atom. The van der Waals surface area contributed by atoms with E-state index in [9.17, 15) is 17.5 Å². The SMILES string of the molecule is CCC(C)c1ccc(CCl)cc1.CCC(C)c1ccc(CP(=O)(CO)OC)cc1.CCC(C)c1ccc(CP(=O)(O)O)cc1.COP(OC)OC.CS(=O)(=O)O. The van der Waals surface area contributed by atoms with E-state index in [-0.39, 0.29) is 6.16 Å². The van der Waals surface area contributed by atoms with Crippen molar-refractivity contribution in [1.29, 1.82) is 0 Å². The zero-order chi connectivity index (χ0) is 43.5. The Balaban J connectivity index is 0. The molecule has 0 aliphatic heterocycles. The van der Waals surface area contributed by atoms with Gasteiger partial charge in [0, 0.05) is 34.3 Å². The fraction of sp³-hybridized carbons (Fsp3) is 0.538. The highest BCUT2D eigenvalue weighted by Crippen LogP contribution is 2.48. The summed E-state index contributed by atoms with van der Waals surface area (Å²) in [6, 6.07) is 24.1. The van der Waals surface area contributed by atoms with Crippen LogP contribution < -0.4 is 0 Å². The third-order valence-electron chi connectivity index (χ3n) is 8.45. The maximum atomic E-state index is 11.9. The Morgan fingerprint density at radius 1 is 0.643 bits per heavy atom. The molecule has 0 aliphatic carbocycles. The van der Waals surface area contributed by atoms with Gasteiger partial charge in [0.15, 0.2) is 0 Å². The van der Waals surface area contributed by atoms with Gasteiger partial charge in [-0.05, 0) is 70.4 Å². The summed E-state index contributed by atoms with van der Waals surface area (Å²) in [5, 5.41) is 9.04. The molecule has 0 fully saturated rings. The van der Waals surface area contributed by atoms with E-state index in [1.165, 1.54) is 35.8 Å². The molecular formula is C39H66ClO12P3S. The molecule has 17 heteroatoms. The summed E-state index contributed by atoms with van der Waals surface area (Å²) in [6.07, 6.45) is 3.79. The highest BCUT2D eigenvalue weighted by molar-refractivity contribution is 7.85. The molecule has 4 unspecified atom stereocenters. The molecule has 0 aromatic heterocycles. The molecule has 322 valence electrons. The topological polar surface area (TPSA) is 186 Å². The highest BCUT2D eigenvalue weighted by Gasteiger charge is 2.20. The van der Waals surface area contributed by atoms with Gasteiger partial charge in [0.2, 0.25) is 7.37 Å². The van der Waals surface area contributed by atoms with E-state index in [4.69, 9.17) is 35.6 Å². The molecule has 0 amide bonds. The van der Waals surface area contributed by atoms with Crippen LogP contribution in [-0.2, 0) is 55.5 Å². The van der Waals surface area contributed by atoms with Gasteiger partial charge in [-0.25, -0.2) is 0 Å². The molecule has 0 saturated carbocycles. The van der Waals surface area contributed by atoms with Gasteiger partial charge < -0.3 is 33.0 Å². The van der Waals surface area contributed by atoms with E-state index in [0.29, 0.717) is 41.6 Å². The Kier molecular flexibility index (Phi) is 30.8. The molecule has 4 N–H and O–H groups in total. The second kappa shape index (κ2) is 30.5. The average Bonchev–Trinajstić information content (AvgIpc) is 3.17. The van der Waals surface area contributed by atoms with E-state index in [1.807, 2.05) is 24.3 Å². The normalized spacial score (nSPS) is 13.8. The number of benzene rings is 3. The molecule has 12 nitrogen and oxygen atoms in total. The van der Waals surface area contributed by atoms with Crippen LogP contribution in [0.5, 0.6) is 0 Å². The Labute approximate surface area is 343 Å². The molecule has 0 saturated heterocycles. The van der Waals surface area contributed by atoms with Crippen molar-refractivity contribution in [3.05, 3.63) is 106 Å². The Hall–Kier alpha value is -1.53. The zero-order valence-electron chi connectivity index (χ0n) is 34.8. The maximum absolute atomic E-state index is 11.9. The smallest absolute Gasteiger partial charge is 0.331 e. The van der Waals surface area contributed by atoms with E-state index in [2.05, 4.69) is 91.5 Å². The quantitative estimate of drug-likeness (QED) is 0.0607. The minimum Gasteiger partial charge on any atom is -0.386 e. The predicted octanol–water partition coefficient (Wildman–Crippen LogP) is 11.0. The summed E-state index contributed by atoms with van der Waals surface area (Å²) in [7, 11) is -5.55. The largest absolute Gasteiger partial charge is 0.386 e. The van der Waals surface area contributed by atoms with Crippen molar-refractivity contribution in [1.82, 2.24) is 0 Å². The molecule has 0 aliphatic rings. The second-order valence-corrected chi connectivity index (χ2v) is 20.4. The number of aliphatic hydroxyl groups is 1. The van der Waals surface area contributed by atoms with Crippen LogP contribution in [0.25, 0.3) is 0 Å². The van der Waals surface area contributed by atoms with Gasteiger partial charge in [0.25, 0.3) is 10.1 Å². The lowest BCUT2D eigenvalue weighted by Crippen LogP contribution is -1.97. The first-order valence-electron chi connectivity index (χ1n) is 18.1. The van der Waals surface area contributed by atoms with Crippen LogP contribution in [0.1, 0.15) is 112 Å². The third kappa shape index (κ3) is 28.0. The zero-order valence-corrected chi connectivity index (χ0v) is 39.0. The van der Waals surface area contributed by atoms with Crippen LogP contribution in [0, 0.1) is 0 Å². The minimum atomic E-state index is -3.93. The van der Waals surface area contributed by atoms with Crippen molar-refractivity contribution in [3.8, 4) is 0 Å². The third-order valence-corrected chi connectivity index (χ3v) is 12.4. The molecule has 0 heterocycles. The van der Waals surface area contributed by atoms with Gasteiger partial charge in [-0.1, -0.05) is 114 Å².